The molecule has 19 heavy (non-hydrogen) atoms. The molecule has 0 fully saturated rings. The Morgan fingerprint density at radius 3 is 2.89 bits per heavy atom. The summed E-state index contributed by atoms with van der Waals surface area (Å²) in [6.45, 7) is 6.41. The summed E-state index contributed by atoms with van der Waals surface area (Å²) in [5.41, 5.74) is 10.3. The first-order valence-corrected chi connectivity index (χ1v) is 8.14. The van der Waals surface area contributed by atoms with Crippen LogP contribution in [-0.4, -0.2) is 16.9 Å². The summed E-state index contributed by atoms with van der Waals surface area (Å²) in [4.78, 5) is 0. The molecule has 0 spiro atoms. The van der Waals surface area contributed by atoms with Crippen molar-refractivity contribution in [2.75, 3.05) is 12.3 Å². The normalized spacial score (nSPS) is 22.7. The maximum atomic E-state index is 5.86. The monoisotopic (exact) mass is 274 g/mol. The fraction of sp³-hybridized carbons (Fsp3) is 0.500. The van der Waals surface area contributed by atoms with E-state index in [1.165, 1.54) is 28.8 Å². The van der Waals surface area contributed by atoms with Crippen molar-refractivity contribution < 1.29 is 0 Å². The molecule has 0 amide bonds. The first-order chi connectivity index (χ1) is 9.21. The second kappa shape index (κ2) is 4.88. The van der Waals surface area contributed by atoms with E-state index in [2.05, 4.69) is 54.4 Å². The number of nitrogens with two attached hydrogens (primary N) is 1. The molecule has 102 valence electrons. The number of thioether (sulfide) groups is 1. The predicted molar refractivity (Wildman–Crippen MR) is 84.8 cm³/mol. The van der Waals surface area contributed by atoms with E-state index in [9.17, 15) is 0 Å². The van der Waals surface area contributed by atoms with Gasteiger partial charge in [-0.05, 0) is 50.6 Å². The molecule has 2 aromatic rings. The van der Waals surface area contributed by atoms with Crippen molar-refractivity contribution >= 4 is 22.7 Å². The lowest BCUT2D eigenvalue weighted by Crippen LogP contribution is -2.30. The molecule has 3 heteroatoms. The van der Waals surface area contributed by atoms with Gasteiger partial charge in [0.15, 0.2) is 0 Å². The molecule has 2 nitrogen and oxygen atoms in total. The van der Waals surface area contributed by atoms with Gasteiger partial charge in [-0.2, -0.15) is 0 Å². The van der Waals surface area contributed by atoms with E-state index in [4.69, 9.17) is 5.73 Å². The minimum absolute atomic E-state index is 0.178. The Hall–Kier alpha value is -0.930. The lowest BCUT2D eigenvalue weighted by molar-refractivity contribution is 0.560. The van der Waals surface area contributed by atoms with Gasteiger partial charge in [-0.25, -0.2) is 0 Å². The first kappa shape index (κ1) is 13.1. The molecule has 1 aromatic heterocycles. The Morgan fingerprint density at radius 2 is 2.16 bits per heavy atom. The zero-order valence-corrected chi connectivity index (χ0v) is 12.6. The highest BCUT2D eigenvalue weighted by molar-refractivity contribution is 8.00. The van der Waals surface area contributed by atoms with Crippen LogP contribution in [0.3, 0.4) is 0 Å². The van der Waals surface area contributed by atoms with E-state index in [1.807, 2.05) is 0 Å². The Balaban J connectivity index is 2.31. The zero-order valence-electron chi connectivity index (χ0n) is 11.8. The average molecular weight is 274 g/mol. The molecular formula is C16H22N2S. The van der Waals surface area contributed by atoms with Crippen molar-refractivity contribution in [1.82, 2.24) is 4.57 Å². The molecule has 0 bridgehead atoms. The quantitative estimate of drug-likeness (QED) is 0.928. The van der Waals surface area contributed by atoms with Crippen molar-refractivity contribution in [1.29, 1.82) is 0 Å². The van der Waals surface area contributed by atoms with Gasteiger partial charge in [0, 0.05) is 23.1 Å². The van der Waals surface area contributed by atoms with Gasteiger partial charge >= 0.3 is 0 Å². The van der Waals surface area contributed by atoms with Crippen LogP contribution >= 0.6 is 11.8 Å². The van der Waals surface area contributed by atoms with Gasteiger partial charge in [-0.15, -0.1) is 11.8 Å². The SMILES string of the molecule is CCn1c2c(c3ccccc31)CCSC2(C)CCN. The number of nitrogens with zero attached hydrogens (tertiary/aromatic N) is 1. The number of hydrogen-bond acceptors (Lipinski definition) is 2. The molecule has 1 aliphatic heterocycles. The molecule has 1 aromatic carbocycles. The summed E-state index contributed by atoms with van der Waals surface area (Å²) < 4.78 is 2.68. The summed E-state index contributed by atoms with van der Waals surface area (Å²) >= 11 is 2.08. The standard InChI is InChI=1S/C16H22N2S/c1-3-18-14-7-5-4-6-12(14)13-8-11-19-16(2,9-10-17)15(13)18/h4-7H,3,8-11,17H2,1-2H3. The van der Waals surface area contributed by atoms with Gasteiger partial charge in [-0.1, -0.05) is 18.2 Å². The van der Waals surface area contributed by atoms with E-state index < -0.39 is 0 Å². The Labute approximate surface area is 119 Å². The molecule has 0 radical (unpaired) electrons. The van der Waals surface area contributed by atoms with Gasteiger partial charge in [-0.3, -0.25) is 0 Å². The number of aromatic nitrogens is 1. The lowest BCUT2D eigenvalue weighted by atomic mass is 9.95. The van der Waals surface area contributed by atoms with Crippen LogP contribution in [0, 0.1) is 0 Å². The zero-order chi connectivity index (χ0) is 13.5. The van der Waals surface area contributed by atoms with Gasteiger partial charge in [0.1, 0.15) is 0 Å². The number of para-hydroxylation sites is 1. The molecule has 1 unspecified atom stereocenters. The number of rotatable bonds is 3. The van der Waals surface area contributed by atoms with E-state index in [-0.39, 0.29) is 4.75 Å². The van der Waals surface area contributed by atoms with Crippen molar-refractivity contribution in [2.45, 2.75) is 38.0 Å². The minimum Gasteiger partial charge on any atom is -0.343 e. The highest BCUT2D eigenvalue weighted by Gasteiger charge is 2.36. The van der Waals surface area contributed by atoms with E-state index in [0.717, 1.165) is 19.5 Å². The van der Waals surface area contributed by atoms with Crippen LogP contribution in [0.4, 0.5) is 0 Å². The fourth-order valence-corrected chi connectivity index (χ4v) is 4.86. The molecule has 0 saturated heterocycles. The third-order valence-corrected chi connectivity index (χ3v) is 5.73. The Bertz CT molecular complexity index is 569. The van der Waals surface area contributed by atoms with Crippen LogP contribution < -0.4 is 5.73 Å². The average Bonchev–Trinajstić information content (AvgIpc) is 2.75. The van der Waals surface area contributed by atoms with Crippen molar-refractivity contribution in [3.8, 4) is 0 Å². The van der Waals surface area contributed by atoms with Gasteiger partial charge in [0.25, 0.3) is 0 Å². The summed E-state index contributed by atoms with van der Waals surface area (Å²) in [6.07, 6.45) is 2.24. The summed E-state index contributed by atoms with van der Waals surface area (Å²) in [6, 6.07) is 8.84. The predicted octanol–water partition coefficient (Wildman–Crippen LogP) is 3.51. The highest BCUT2D eigenvalue weighted by Crippen LogP contribution is 2.47. The molecule has 0 saturated carbocycles. The maximum Gasteiger partial charge on any atom is 0.0547 e. The first-order valence-electron chi connectivity index (χ1n) is 7.16. The number of benzene rings is 1. The molecule has 0 aliphatic carbocycles. The van der Waals surface area contributed by atoms with Crippen LogP contribution in [0.5, 0.6) is 0 Å². The second-order valence-corrected chi connectivity index (χ2v) is 7.05. The Kier molecular flexibility index (Phi) is 3.35. The van der Waals surface area contributed by atoms with Crippen molar-refractivity contribution in [3.63, 3.8) is 0 Å². The molecule has 1 atom stereocenters. The van der Waals surface area contributed by atoms with E-state index in [0.29, 0.717) is 0 Å². The summed E-state index contributed by atoms with van der Waals surface area (Å²) in [5.74, 6) is 1.21. The molecule has 2 heterocycles. The number of fused-ring (bicyclic) bond motifs is 3. The number of hydrogen-bond donors (Lipinski definition) is 1. The van der Waals surface area contributed by atoms with Crippen LogP contribution in [0.2, 0.25) is 0 Å². The van der Waals surface area contributed by atoms with Crippen LogP contribution in [-0.2, 0) is 17.7 Å². The van der Waals surface area contributed by atoms with Gasteiger partial charge < -0.3 is 10.3 Å². The third-order valence-electron chi connectivity index (χ3n) is 4.29. The molecule has 1 aliphatic rings. The molecular weight excluding hydrogens is 252 g/mol. The van der Waals surface area contributed by atoms with E-state index >= 15 is 0 Å². The fourth-order valence-electron chi connectivity index (χ4n) is 3.47. The highest BCUT2D eigenvalue weighted by atomic mass is 32.2. The summed E-state index contributed by atoms with van der Waals surface area (Å²) in [7, 11) is 0. The Morgan fingerprint density at radius 1 is 1.37 bits per heavy atom. The minimum atomic E-state index is 0.178. The van der Waals surface area contributed by atoms with Gasteiger partial charge in [0.2, 0.25) is 0 Å². The largest absolute Gasteiger partial charge is 0.343 e. The number of aryl methyl sites for hydroxylation is 2. The van der Waals surface area contributed by atoms with Crippen LogP contribution in [0.15, 0.2) is 24.3 Å². The van der Waals surface area contributed by atoms with Crippen molar-refractivity contribution in [3.05, 3.63) is 35.5 Å². The van der Waals surface area contributed by atoms with Crippen LogP contribution in [0.1, 0.15) is 31.5 Å². The van der Waals surface area contributed by atoms with Gasteiger partial charge in [0.05, 0.1) is 4.75 Å². The second-order valence-electron chi connectivity index (χ2n) is 5.46. The molecule has 3 rings (SSSR count). The maximum absolute atomic E-state index is 5.86. The summed E-state index contributed by atoms with van der Waals surface area (Å²) in [5, 5.41) is 1.45. The topological polar surface area (TPSA) is 30.9 Å². The van der Waals surface area contributed by atoms with E-state index in [1.54, 1.807) is 5.56 Å². The molecule has 2 N–H and O–H groups in total. The third kappa shape index (κ3) is 1.91. The smallest absolute Gasteiger partial charge is 0.0547 e. The van der Waals surface area contributed by atoms with Crippen molar-refractivity contribution in [2.24, 2.45) is 5.73 Å². The van der Waals surface area contributed by atoms with Crippen LogP contribution in [0.25, 0.3) is 10.9 Å². The lowest BCUT2D eigenvalue weighted by Gasteiger charge is -2.35.